The number of hydrogen-bond acceptors (Lipinski definition) is 5. The molecule has 0 spiro atoms. The van der Waals surface area contributed by atoms with Gasteiger partial charge in [-0.05, 0) is 17.7 Å². The summed E-state index contributed by atoms with van der Waals surface area (Å²) in [6.45, 7) is 3.00. The highest BCUT2D eigenvalue weighted by atomic mass is 35.5. The molecule has 6 heteroatoms. The van der Waals surface area contributed by atoms with Gasteiger partial charge in [-0.15, -0.1) is 0 Å². The monoisotopic (exact) mass is 304 g/mol. The highest BCUT2D eigenvalue weighted by molar-refractivity contribution is 6.31. The van der Waals surface area contributed by atoms with Crippen LogP contribution in [0.25, 0.3) is 0 Å². The van der Waals surface area contributed by atoms with Crippen molar-refractivity contribution in [3.63, 3.8) is 0 Å². The third kappa shape index (κ3) is 3.50. The lowest BCUT2D eigenvalue weighted by Gasteiger charge is -2.36. The lowest BCUT2D eigenvalue weighted by Crippen LogP contribution is -2.53. The van der Waals surface area contributed by atoms with Crippen molar-refractivity contribution in [3.8, 4) is 0 Å². The molecule has 2 heterocycles. The van der Waals surface area contributed by atoms with Crippen LogP contribution in [0.3, 0.4) is 0 Å². The summed E-state index contributed by atoms with van der Waals surface area (Å²) in [5.74, 6) is 0.885. The Kier molecular flexibility index (Phi) is 4.65. The quantitative estimate of drug-likeness (QED) is 0.937. The number of hydrogen-bond donors (Lipinski definition) is 1. The Hall–Kier alpha value is -1.69. The lowest BCUT2D eigenvalue weighted by molar-refractivity contribution is 0.0306. The number of nitrogens with zero attached hydrogens (tertiary/aromatic N) is 3. The minimum atomic E-state index is -0.0649. The first-order chi connectivity index (χ1) is 10.3. The zero-order valence-electron chi connectivity index (χ0n) is 11.6. The Bertz CT molecular complexity index is 581. The first-order valence-corrected chi connectivity index (χ1v) is 7.31. The predicted molar refractivity (Wildman–Crippen MR) is 82.3 cm³/mol. The van der Waals surface area contributed by atoms with E-state index >= 15 is 0 Å². The van der Waals surface area contributed by atoms with Gasteiger partial charge >= 0.3 is 0 Å². The Morgan fingerprint density at radius 1 is 1.33 bits per heavy atom. The van der Waals surface area contributed by atoms with Crippen molar-refractivity contribution in [2.24, 2.45) is 0 Å². The van der Waals surface area contributed by atoms with Gasteiger partial charge in [-0.25, -0.2) is 9.97 Å². The molecule has 0 radical (unpaired) electrons. The van der Waals surface area contributed by atoms with Gasteiger partial charge in [0.2, 0.25) is 0 Å². The van der Waals surface area contributed by atoms with Crippen molar-refractivity contribution in [1.82, 2.24) is 15.3 Å². The topological polar surface area (TPSA) is 50.3 Å². The molecule has 1 aromatic carbocycles. The second kappa shape index (κ2) is 6.85. The fourth-order valence-electron chi connectivity index (χ4n) is 2.35. The van der Waals surface area contributed by atoms with E-state index in [1.165, 1.54) is 0 Å². The third-order valence-corrected chi connectivity index (χ3v) is 3.81. The zero-order chi connectivity index (χ0) is 14.5. The van der Waals surface area contributed by atoms with Gasteiger partial charge in [-0.3, -0.25) is 0 Å². The van der Waals surface area contributed by atoms with Gasteiger partial charge in [0.25, 0.3) is 0 Å². The Morgan fingerprint density at radius 3 is 3.05 bits per heavy atom. The molecule has 1 aliphatic heterocycles. The van der Waals surface area contributed by atoms with Crippen LogP contribution in [0.1, 0.15) is 5.56 Å². The first kappa shape index (κ1) is 14.3. The van der Waals surface area contributed by atoms with Gasteiger partial charge in [-0.1, -0.05) is 29.8 Å². The molecule has 1 N–H and O–H groups in total. The summed E-state index contributed by atoms with van der Waals surface area (Å²) < 4.78 is 6.04. The van der Waals surface area contributed by atoms with Crippen LogP contribution in [0, 0.1) is 0 Å². The van der Waals surface area contributed by atoms with Crippen molar-refractivity contribution in [1.29, 1.82) is 0 Å². The number of rotatable bonds is 4. The lowest BCUT2D eigenvalue weighted by atomic mass is 10.2. The van der Waals surface area contributed by atoms with Crippen molar-refractivity contribution < 1.29 is 4.74 Å². The Morgan fingerprint density at radius 2 is 2.24 bits per heavy atom. The molecule has 1 aliphatic rings. The van der Waals surface area contributed by atoms with Gasteiger partial charge < -0.3 is 15.0 Å². The van der Waals surface area contributed by atoms with Gasteiger partial charge in [0.1, 0.15) is 18.4 Å². The molecule has 1 saturated heterocycles. The third-order valence-electron chi connectivity index (χ3n) is 3.45. The average molecular weight is 305 g/mol. The molecule has 110 valence electrons. The van der Waals surface area contributed by atoms with E-state index in [2.05, 4.69) is 20.2 Å². The number of piperazine rings is 1. The predicted octanol–water partition coefficient (Wildman–Crippen LogP) is 2.08. The van der Waals surface area contributed by atoms with Crippen molar-refractivity contribution in [3.05, 3.63) is 53.4 Å². The van der Waals surface area contributed by atoms with Crippen LogP contribution in [-0.2, 0) is 11.3 Å². The molecule has 1 aromatic heterocycles. The second-order valence-electron chi connectivity index (χ2n) is 4.82. The summed E-state index contributed by atoms with van der Waals surface area (Å²) in [6.07, 6.45) is 3.24. The standard InChI is InChI=1S/C15H17ClN4O/c16-13-4-2-1-3-12(13)10-21-15-9-17-7-8-20(15)14-5-6-18-11-19-14/h1-6,11,15,17H,7-10H2. The molecule has 0 aliphatic carbocycles. The molecule has 21 heavy (non-hydrogen) atoms. The fraction of sp³-hybridized carbons (Fsp3) is 0.333. The van der Waals surface area contributed by atoms with E-state index < -0.39 is 0 Å². The number of ether oxygens (including phenoxy) is 1. The summed E-state index contributed by atoms with van der Waals surface area (Å²) >= 11 is 6.17. The molecular weight excluding hydrogens is 288 g/mol. The van der Waals surface area contributed by atoms with E-state index in [4.69, 9.17) is 16.3 Å². The molecule has 2 aromatic rings. The van der Waals surface area contributed by atoms with Crippen molar-refractivity contribution >= 4 is 17.4 Å². The molecule has 1 fully saturated rings. The minimum Gasteiger partial charge on any atom is -0.352 e. The van der Waals surface area contributed by atoms with Crippen LogP contribution in [0.15, 0.2) is 42.9 Å². The Labute approximate surface area is 128 Å². The molecule has 3 rings (SSSR count). The van der Waals surface area contributed by atoms with E-state index in [0.29, 0.717) is 6.61 Å². The van der Waals surface area contributed by atoms with E-state index in [0.717, 1.165) is 36.0 Å². The smallest absolute Gasteiger partial charge is 0.144 e. The first-order valence-electron chi connectivity index (χ1n) is 6.93. The maximum atomic E-state index is 6.17. The van der Waals surface area contributed by atoms with Gasteiger partial charge in [0.05, 0.1) is 6.61 Å². The summed E-state index contributed by atoms with van der Waals surface area (Å²) in [4.78, 5) is 10.4. The largest absolute Gasteiger partial charge is 0.352 e. The van der Waals surface area contributed by atoms with Crippen molar-refractivity contribution in [2.45, 2.75) is 12.8 Å². The maximum Gasteiger partial charge on any atom is 0.144 e. The molecule has 0 amide bonds. The maximum absolute atomic E-state index is 6.17. The number of benzene rings is 1. The average Bonchev–Trinajstić information content (AvgIpc) is 2.55. The van der Waals surface area contributed by atoms with Crippen LogP contribution in [0.4, 0.5) is 5.82 Å². The summed E-state index contributed by atoms with van der Waals surface area (Å²) in [6, 6.07) is 9.64. The number of nitrogens with one attached hydrogen (secondary N) is 1. The number of halogens is 1. The molecular formula is C15H17ClN4O. The SMILES string of the molecule is Clc1ccccc1COC1CNCCN1c1ccncn1. The van der Waals surface area contributed by atoms with Crippen LogP contribution < -0.4 is 10.2 Å². The number of aromatic nitrogens is 2. The van der Waals surface area contributed by atoms with Crippen LogP contribution in [-0.4, -0.2) is 35.8 Å². The highest BCUT2D eigenvalue weighted by Crippen LogP contribution is 2.19. The normalized spacial score (nSPS) is 18.7. The molecule has 1 unspecified atom stereocenters. The van der Waals surface area contributed by atoms with E-state index in [1.54, 1.807) is 12.5 Å². The van der Waals surface area contributed by atoms with Crippen molar-refractivity contribution in [2.75, 3.05) is 24.5 Å². The molecule has 0 saturated carbocycles. The number of anilines is 1. The van der Waals surface area contributed by atoms with E-state index in [9.17, 15) is 0 Å². The molecule has 1 atom stereocenters. The summed E-state index contributed by atoms with van der Waals surface area (Å²) in [7, 11) is 0. The molecule has 5 nitrogen and oxygen atoms in total. The van der Waals surface area contributed by atoms with Gasteiger partial charge in [-0.2, -0.15) is 0 Å². The zero-order valence-corrected chi connectivity index (χ0v) is 12.3. The second-order valence-corrected chi connectivity index (χ2v) is 5.23. The fourth-order valence-corrected chi connectivity index (χ4v) is 2.54. The van der Waals surface area contributed by atoms with E-state index in [-0.39, 0.29) is 6.23 Å². The Balaban J connectivity index is 1.69. The van der Waals surface area contributed by atoms with Gasteiger partial charge in [0.15, 0.2) is 0 Å². The summed E-state index contributed by atoms with van der Waals surface area (Å²) in [5.41, 5.74) is 0.993. The van der Waals surface area contributed by atoms with E-state index in [1.807, 2.05) is 30.3 Å². The van der Waals surface area contributed by atoms with Crippen LogP contribution in [0.5, 0.6) is 0 Å². The van der Waals surface area contributed by atoms with Gasteiger partial charge in [0, 0.05) is 30.9 Å². The van der Waals surface area contributed by atoms with Crippen LogP contribution >= 0.6 is 11.6 Å². The van der Waals surface area contributed by atoms with Crippen LogP contribution in [0.2, 0.25) is 5.02 Å². The minimum absolute atomic E-state index is 0.0649. The highest BCUT2D eigenvalue weighted by Gasteiger charge is 2.24. The molecule has 0 bridgehead atoms. The summed E-state index contributed by atoms with van der Waals surface area (Å²) in [5, 5.41) is 4.07.